The minimum atomic E-state index is -0.438. The predicted octanol–water partition coefficient (Wildman–Crippen LogP) is 2.04. The van der Waals surface area contributed by atoms with E-state index in [1.165, 1.54) is 0 Å². The number of likely N-dealkylation sites (tertiary alicyclic amines) is 1. The highest BCUT2D eigenvalue weighted by Gasteiger charge is 2.46. The molecule has 7 heteroatoms. The summed E-state index contributed by atoms with van der Waals surface area (Å²) in [4.78, 5) is 33.0. The van der Waals surface area contributed by atoms with Gasteiger partial charge in [-0.2, -0.15) is 0 Å². The molecule has 2 amide bonds. The Hall–Kier alpha value is -2.38. The van der Waals surface area contributed by atoms with Gasteiger partial charge < -0.3 is 24.3 Å². The molecule has 29 heavy (non-hydrogen) atoms. The van der Waals surface area contributed by atoms with E-state index in [9.17, 15) is 9.59 Å². The van der Waals surface area contributed by atoms with Crippen LogP contribution in [0.2, 0.25) is 0 Å². The first-order valence-electron chi connectivity index (χ1n) is 10.5. The minimum absolute atomic E-state index is 0.0324. The van der Waals surface area contributed by atoms with Crippen molar-refractivity contribution in [1.82, 2.24) is 14.8 Å². The van der Waals surface area contributed by atoms with Gasteiger partial charge in [0.15, 0.2) is 0 Å². The number of carbonyl (C=O) groups excluding carboxylic acids is 2. The summed E-state index contributed by atoms with van der Waals surface area (Å²) in [5.41, 5.74) is 1.28. The second kappa shape index (κ2) is 7.46. The molecule has 3 aliphatic rings. The number of H-pyrrole nitrogens is 1. The van der Waals surface area contributed by atoms with Crippen molar-refractivity contribution >= 4 is 22.7 Å². The number of morpholine rings is 1. The van der Waals surface area contributed by atoms with Gasteiger partial charge in [-0.15, -0.1) is 0 Å². The molecule has 0 aliphatic carbocycles. The third kappa shape index (κ3) is 3.53. The number of nitrogens with zero attached hydrogens (tertiary/aromatic N) is 2. The first-order chi connectivity index (χ1) is 14.1. The van der Waals surface area contributed by atoms with Crippen molar-refractivity contribution in [3.05, 3.63) is 36.0 Å². The molecule has 0 saturated carbocycles. The Balaban J connectivity index is 1.27. The number of aromatic nitrogens is 1. The molecule has 1 unspecified atom stereocenters. The lowest BCUT2D eigenvalue weighted by Crippen LogP contribution is -2.55. The van der Waals surface area contributed by atoms with Crippen LogP contribution in [0.1, 0.15) is 29.6 Å². The summed E-state index contributed by atoms with van der Waals surface area (Å²) >= 11 is 0. The van der Waals surface area contributed by atoms with Crippen molar-refractivity contribution in [3.63, 3.8) is 0 Å². The molecule has 1 spiro atoms. The van der Waals surface area contributed by atoms with E-state index >= 15 is 0 Å². The van der Waals surface area contributed by atoms with Crippen LogP contribution in [0.15, 0.2) is 30.5 Å². The summed E-state index contributed by atoms with van der Waals surface area (Å²) in [7, 11) is 0. The molecule has 1 aromatic heterocycles. The maximum absolute atomic E-state index is 13.1. The Morgan fingerprint density at radius 2 is 1.86 bits per heavy atom. The monoisotopic (exact) mass is 397 g/mol. The van der Waals surface area contributed by atoms with Gasteiger partial charge in [0.1, 0.15) is 5.60 Å². The summed E-state index contributed by atoms with van der Waals surface area (Å²) in [6, 6.07) is 7.73. The van der Waals surface area contributed by atoms with Crippen LogP contribution in [0.4, 0.5) is 0 Å². The van der Waals surface area contributed by atoms with Crippen molar-refractivity contribution in [2.45, 2.75) is 24.9 Å². The molecule has 5 rings (SSSR count). The quantitative estimate of drug-likeness (QED) is 0.842. The molecule has 0 radical (unpaired) electrons. The Kier molecular flexibility index (Phi) is 4.80. The molecule has 154 valence electrons. The van der Waals surface area contributed by atoms with Crippen molar-refractivity contribution < 1.29 is 19.1 Å². The Labute approximate surface area is 169 Å². The fourth-order valence-corrected chi connectivity index (χ4v) is 4.87. The molecule has 1 aromatic carbocycles. The first kappa shape index (κ1) is 18.6. The van der Waals surface area contributed by atoms with Crippen LogP contribution in [-0.2, 0) is 14.3 Å². The number of aromatic amines is 1. The highest BCUT2D eigenvalue weighted by atomic mass is 16.5. The van der Waals surface area contributed by atoms with Crippen LogP contribution < -0.4 is 0 Å². The number of hydrogen-bond donors (Lipinski definition) is 1. The maximum atomic E-state index is 13.1. The zero-order valence-corrected chi connectivity index (χ0v) is 16.6. The Morgan fingerprint density at radius 3 is 2.72 bits per heavy atom. The lowest BCUT2D eigenvalue weighted by molar-refractivity contribution is -0.140. The van der Waals surface area contributed by atoms with E-state index in [1.54, 1.807) is 0 Å². The van der Waals surface area contributed by atoms with Gasteiger partial charge >= 0.3 is 0 Å². The normalized spacial score (nSPS) is 25.8. The van der Waals surface area contributed by atoms with E-state index < -0.39 is 5.60 Å². The smallest absolute Gasteiger partial charge is 0.254 e. The van der Waals surface area contributed by atoms with Crippen molar-refractivity contribution in [3.8, 4) is 0 Å². The van der Waals surface area contributed by atoms with Crippen molar-refractivity contribution in [1.29, 1.82) is 0 Å². The third-order valence-electron chi connectivity index (χ3n) is 6.53. The fourth-order valence-electron chi connectivity index (χ4n) is 4.87. The molecule has 4 heterocycles. The molecule has 2 aromatic rings. The van der Waals surface area contributed by atoms with Gasteiger partial charge in [-0.3, -0.25) is 9.59 Å². The molecule has 3 aliphatic heterocycles. The molecular weight excluding hydrogens is 370 g/mol. The topological polar surface area (TPSA) is 74.9 Å². The molecule has 3 saturated heterocycles. The van der Waals surface area contributed by atoms with E-state index in [2.05, 4.69) is 4.98 Å². The van der Waals surface area contributed by atoms with Crippen LogP contribution in [0.25, 0.3) is 10.9 Å². The highest BCUT2D eigenvalue weighted by molar-refractivity contribution is 5.98. The van der Waals surface area contributed by atoms with Crippen LogP contribution in [-0.4, -0.2) is 78.2 Å². The van der Waals surface area contributed by atoms with Gasteiger partial charge in [0.05, 0.1) is 19.7 Å². The molecule has 7 nitrogen and oxygen atoms in total. The molecule has 3 fully saturated rings. The van der Waals surface area contributed by atoms with Crippen molar-refractivity contribution in [2.24, 2.45) is 5.92 Å². The Morgan fingerprint density at radius 1 is 1.03 bits per heavy atom. The summed E-state index contributed by atoms with van der Waals surface area (Å²) < 4.78 is 11.5. The Bertz CT molecular complexity index is 920. The van der Waals surface area contributed by atoms with Gasteiger partial charge in [0, 0.05) is 54.9 Å². The van der Waals surface area contributed by atoms with Gasteiger partial charge in [-0.1, -0.05) is 0 Å². The number of rotatable bonds is 2. The summed E-state index contributed by atoms with van der Waals surface area (Å²) in [5, 5.41) is 1.04. The lowest BCUT2D eigenvalue weighted by Gasteiger charge is -2.40. The lowest BCUT2D eigenvalue weighted by atomic mass is 9.98. The van der Waals surface area contributed by atoms with E-state index in [1.807, 2.05) is 40.3 Å². The maximum Gasteiger partial charge on any atom is 0.254 e. The van der Waals surface area contributed by atoms with Crippen LogP contribution in [0.3, 0.4) is 0 Å². The molecule has 0 bridgehead atoms. The average Bonchev–Trinajstić information content (AvgIpc) is 3.40. The summed E-state index contributed by atoms with van der Waals surface area (Å²) in [6.45, 7) is 4.24. The number of benzene rings is 1. The largest absolute Gasteiger partial charge is 0.381 e. The zero-order chi connectivity index (χ0) is 19.8. The van der Waals surface area contributed by atoms with Gasteiger partial charge in [-0.25, -0.2) is 0 Å². The molecular formula is C22H27N3O4. The fraction of sp³-hybridized carbons (Fsp3) is 0.545. The predicted molar refractivity (Wildman–Crippen MR) is 108 cm³/mol. The number of carbonyl (C=O) groups is 2. The second-order valence-electron chi connectivity index (χ2n) is 8.43. The number of nitrogens with one attached hydrogen (secondary N) is 1. The zero-order valence-electron chi connectivity index (χ0n) is 16.6. The SMILES string of the molecule is O=C(c1ccc2[nH]ccc2c1)N1CCOC2(CCN(C(=O)C3CCOCC3)C2)C1. The second-order valence-corrected chi connectivity index (χ2v) is 8.43. The van der Waals surface area contributed by atoms with Crippen LogP contribution in [0, 0.1) is 5.92 Å². The van der Waals surface area contributed by atoms with Crippen LogP contribution in [0.5, 0.6) is 0 Å². The van der Waals surface area contributed by atoms with Gasteiger partial charge in [0.2, 0.25) is 5.91 Å². The number of hydrogen-bond acceptors (Lipinski definition) is 4. The van der Waals surface area contributed by atoms with E-state index in [-0.39, 0.29) is 17.7 Å². The first-order valence-corrected chi connectivity index (χ1v) is 10.5. The standard InChI is InChI=1S/C22H27N3O4/c26-20(16-4-10-28-11-5-16)24-8-6-22(14-24)15-25(9-12-29-22)21(27)18-1-2-19-17(13-18)3-7-23-19/h1-3,7,13,16,23H,4-6,8-12,14-15H2. The summed E-state index contributed by atoms with van der Waals surface area (Å²) in [6.07, 6.45) is 4.26. The number of ether oxygens (including phenoxy) is 2. The van der Waals surface area contributed by atoms with Crippen molar-refractivity contribution in [2.75, 3.05) is 46.0 Å². The third-order valence-corrected chi connectivity index (χ3v) is 6.53. The van der Waals surface area contributed by atoms with Crippen LogP contribution >= 0.6 is 0 Å². The minimum Gasteiger partial charge on any atom is -0.381 e. The van der Waals surface area contributed by atoms with E-state index in [0.29, 0.717) is 51.6 Å². The number of fused-ring (bicyclic) bond motifs is 1. The van der Waals surface area contributed by atoms with E-state index in [0.717, 1.165) is 30.2 Å². The molecule has 1 N–H and O–H groups in total. The summed E-state index contributed by atoms with van der Waals surface area (Å²) in [5.74, 6) is 0.313. The molecule has 1 atom stereocenters. The highest BCUT2D eigenvalue weighted by Crippen LogP contribution is 2.32. The van der Waals surface area contributed by atoms with E-state index in [4.69, 9.17) is 9.47 Å². The number of amides is 2. The average molecular weight is 397 g/mol. The van der Waals surface area contributed by atoms with Gasteiger partial charge in [0.25, 0.3) is 5.91 Å². The van der Waals surface area contributed by atoms with Gasteiger partial charge in [-0.05, 0) is 43.5 Å².